The maximum absolute atomic E-state index is 12.3. The lowest BCUT2D eigenvalue weighted by Gasteiger charge is -2.15. The number of pyridine rings is 1. The molecule has 0 bridgehead atoms. The number of nitrogens with zero attached hydrogens (tertiary/aromatic N) is 1. The molecule has 4 heteroatoms. The normalized spacial score (nSPS) is 10.7. The number of hydrogen-bond donors (Lipinski definition) is 0. The summed E-state index contributed by atoms with van der Waals surface area (Å²) < 4.78 is 12.8. The molecule has 0 aliphatic rings. The molecular formula is C19H25NO3. The summed E-state index contributed by atoms with van der Waals surface area (Å²) in [6.45, 7) is 6.69. The molecule has 0 amide bonds. The minimum Gasteiger partial charge on any atom is -0.496 e. The molecule has 1 aromatic heterocycles. The zero-order valence-corrected chi connectivity index (χ0v) is 14.6. The van der Waals surface area contributed by atoms with E-state index in [0.717, 1.165) is 53.1 Å². The highest BCUT2D eigenvalue weighted by Crippen LogP contribution is 2.35. The van der Waals surface area contributed by atoms with Crippen LogP contribution in [0.25, 0.3) is 11.1 Å². The predicted molar refractivity (Wildman–Crippen MR) is 93.6 cm³/mol. The van der Waals surface area contributed by atoms with Crippen molar-refractivity contribution in [3.63, 3.8) is 0 Å². The summed E-state index contributed by atoms with van der Waals surface area (Å²) in [6, 6.07) is 5.85. The highest BCUT2D eigenvalue weighted by atomic mass is 16.5. The molecule has 0 radical (unpaired) electrons. The lowest BCUT2D eigenvalue weighted by atomic mass is 10.0. The standard InChI is InChI=1S/C19H25NO3/c1-6-7-8-20-12-15(9-14(3)19(20)21)16-11-17(22-4)13(2)10-18(16)23-5/h9-12H,6-8H2,1-5H3. The molecule has 2 aromatic rings. The van der Waals surface area contributed by atoms with Crippen molar-refractivity contribution in [2.45, 2.75) is 40.2 Å². The fraction of sp³-hybridized carbons (Fsp3) is 0.421. The van der Waals surface area contributed by atoms with E-state index in [4.69, 9.17) is 9.47 Å². The molecule has 23 heavy (non-hydrogen) atoms. The third kappa shape index (κ3) is 3.58. The van der Waals surface area contributed by atoms with Crippen molar-refractivity contribution in [2.24, 2.45) is 0 Å². The van der Waals surface area contributed by atoms with Gasteiger partial charge in [0.15, 0.2) is 0 Å². The fourth-order valence-electron chi connectivity index (χ4n) is 2.70. The number of unbranched alkanes of at least 4 members (excludes halogenated alkanes) is 1. The van der Waals surface area contributed by atoms with Gasteiger partial charge in [0.25, 0.3) is 5.56 Å². The highest BCUT2D eigenvalue weighted by Gasteiger charge is 2.13. The number of hydrogen-bond acceptors (Lipinski definition) is 3. The summed E-state index contributed by atoms with van der Waals surface area (Å²) in [7, 11) is 3.32. The molecule has 4 nitrogen and oxygen atoms in total. The van der Waals surface area contributed by atoms with Crippen LogP contribution in [0.15, 0.2) is 29.2 Å². The molecule has 124 valence electrons. The molecule has 0 atom stereocenters. The van der Waals surface area contributed by atoms with Gasteiger partial charge in [-0.15, -0.1) is 0 Å². The summed E-state index contributed by atoms with van der Waals surface area (Å²) >= 11 is 0. The highest BCUT2D eigenvalue weighted by molar-refractivity contribution is 5.73. The number of ether oxygens (including phenoxy) is 2. The van der Waals surface area contributed by atoms with Crippen molar-refractivity contribution in [3.05, 3.63) is 45.9 Å². The van der Waals surface area contributed by atoms with Gasteiger partial charge in [-0.05, 0) is 44.0 Å². The van der Waals surface area contributed by atoms with Crippen LogP contribution in [-0.4, -0.2) is 18.8 Å². The zero-order valence-electron chi connectivity index (χ0n) is 14.6. The number of aryl methyl sites for hydroxylation is 3. The van der Waals surface area contributed by atoms with Crippen LogP contribution >= 0.6 is 0 Å². The van der Waals surface area contributed by atoms with E-state index in [1.165, 1.54) is 0 Å². The fourth-order valence-corrected chi connectivity index (χ4v) is 2.70. The maximum Gasteiger partial charge on any atom is 0.253 e. The lowest BCUT2D eigenvalue weighted by Crippen LogP contribution is -2.22. The topological polar surface area (TPSA) is 40.5 Å². The van der Waals surface area contributed by atoms with Crippen molar-refractivity contribution in [1.29, 1.82) is 0 Å². The number of methoxy groups -OCH3 is 2. The minimum absolute atomic E-state index is 0.0697. The van der Waals surface area contributed by atoms with Crippen LogP contribution in [0.3, 0.4) is 0 Å². The van der Waals surface area contributed by atoms with E-state index in [2.05, 4.69) is 6.92 Å². The molecule has 0 aliphatic carbocycles. The van der Waals surface area contributed by atoms with Gasteiger partial charge in [0.2, 0.25) is 0 Å². The Morgan fingerprint density at radius 3 is 2.30 bits per heavy atom. The molecule has 0 N–H and O–H groups in total. The van der Waals surface area contributed by atoms with E-state index < -0.39 is 0 Å². The molecule has 0 spiro atoms. The van der Waals surface area contributed by atoms with Gasteiger partial charge in [0.05, 0.1) is 14.2 Å². The van der Waals surface area contributed by atoms with Gasteiger partial charge in [-0.3, -0.25) is 4.79 Å². The van der Waals surface area contributed by atoms with E-state index in [0.29, 0.717) is 0 Å². The van der Waals surface area contributed by atoms with Gasteiger partial charge in [-0.2, -0.15) is 0 Å². The molecular weight excluding hydrogens is 290 g/mol. The number of aromatic nitrogens is 1. The van der Waals surface area contributed by atoms with Crippen molar-refractivity contribution in [3.8, 4) is 22.6 Å². The first-order valence-corrected chi connectivity index (χ1v) is 7.95. The Bertz CT molecular complexity index is 747. The largest absolute Gasteiger partial charge is 0.496 e. The van der Waals surface area contributed by atoms with Crippen LogP contribution in [-0.2, 0) is 6.54 Å². The van der Waals surface area contributed by atoms with Crippen LogP contribution in [0.1, 0.15) is 30.9 Å². The maximum atomic E-state index is 12.3. The van der Waals surface area contributed by atoms with Gasteiger partial charge in [-0.25, -0.2) is 0 Å². The van der Waals surface area contributed by atoms with Crippen LogP contribution < -0.4 is 15.0 Å². The first-order chi connectivity index (χ1) is 11.0. The minimum atomic E-state index is 0.0697. The van der Waals surface area contributed by atoms with E-state index in [1.807, 2.05) is 38.2 Å². The quantitative estimate of drug-likeness (QED) is 0.810. The van der Waals surface area contributed by atoms with Gasteiger partial charge in [0.1, 0.15) is 11.5 Å². The molecule has 0 fully saturated rings. The van der Waals surface area contributed by atoms with Crippen molar-refractivity contribution < 1.29 is 9.47 Å². The number of benzene rings is 1. The Morgan fingerprint density at radius 1 is 1.00 bits per heavy atom. The summed E-state index contributed by atoms with van der Waals surface area (Å²) in [5.41, 5.74) is 3.72. The van der Waals surface area contributed by atoms with Gasteiger partial charge in [-0.1, -0.05) is 13.3 Å². The zero-order chi connectivity index (χ0) is 17.0. The summed E-state index contributed by atoms with van der Waals surface area (Å²) in [5, 5.41) is 0. The molecule has 1 heterocycles. The molecule has 2 rings (SSSR count). The van der Waals surface area contributed by atoms with Gasteiger partial charge < -0.3 is 14.0 Å². The van der Waals surface area contributed by atoms with Crippen LogP contribution in [0.2, 0.25) is 0 Å². The summed E-state index contributed by atoms with van der Waals surface area (Å²) in [4.78, 5) is 12.3. The lowest BCUT2D eigenvalue weighted by molar-refractivity contribution is 0.402. The third-order valence-corrected chi connectivity index (χ3v) is 4.05. The van der Waals surface area contributed by atoms with Gasteiger partial charge >= 0.3 is 0 Å². The molecule has 0 aliphatic heterocycles. The third-order valence-electron chi connectivity index (χ3n) is 4.05. The molecule has 0 saturated heterocycles. The summed E-state index contributed by atoms with van der Waals surface area (Å²) in [6.07, 6.45) is 3.95. The average Bonchev–Trinajstić information content (AvgIpc) is 2.55. The predicted octanol–water partition coefficient (Wildman–Crippen LogP) is 3.95. The first kappa shape index (κ1) is 17.1. The van der Waals surface area contributed by atoms with Crippen LogP contribution in [0, 0.1) is 13.8 Å². The second kappa shape index (κ2) is 7.36. The number of rotatable bonds is 6. The van der Waals surface area contributed by atoms with E-state index >= 15 is 0 Å². The Morgan fingerprint density at radius 2 is 1.70 bits per heavy atom. The summed E-state index contributed by atoms with van der Waals surface area (Å²) in [5.74, 6) is 1.59. The SMILES string of the molecule is CCCCn1cc(-c2cc(OC)c(C)cc2OC)cc(C)c1=O. The smallest absolute Gasteiger partial charge is 0.253 e. The van der Waals surface area contributed by atoms with Crippen molar-refractivity contribution >= 4 is 0 Å². The van der Waals surface area contributed by atoms with Gasteiger partial charge in [0, 0.05) is 29.4 Å². The van der Waals surface area contributed by atoms with E-state index in [9.17, 15) is 4.79 Å². The monoisotopic (exact) mass is 315 g/mol. The Kier molecular flexibility index (Phi) is 5.48. The second-order valence-corrected chi connectivity index (χ2v) is 5.79. The Balaban J connectivity index is 2.61. The Hall–Kier alpha value is -2.23. The second-order valence-electron chi connectivity index (χ2n) is 5.79. The van der Waals surface area contributed by atoms with Crippen LogP contribution in [0.4, 0.5) is 0 Å². The van der Waals surface area contributed by atoms with Crippen molar-refractivity contribution in [2.75, 3.05) is 14.2 Å². The molecule has 0 unspecified atom stereocenters. The van der Waals surface area contributed by atoms with Crippen molar-refractivity contribution in [1.82, 2.24) is 4.57 Å². The first-order valence-electron chi connectivity index (χ1n) is 7.95. The molecule has 0 saturated carbocycles. The molecule has 1 aromatic carbocycles. The van der Waals surface area contributed by atoms with E-state index in [1.54, 1.807) is 18.8 Å². The average molecular weight is 315 g/mol. The van der Waals surface area contributed by atoms with Crippen LogP contribution in [0.5, 0.6) is 11.5 Å². The van der Waals surface area contributed by atoms with E-state index in [-0.39, 0.29) is 5.56 Å². The Labute approximate surface area is 137 Å².